The highest BCUT2D eigenvalue weighted by Crippen LogP contribution is 2.44. The van der Waals surface area contributed by atoms with Gasteiger partial charge in [0, 0.05) is 11.5 Å². The summed E-state index contributed by atoms with van der Waals surface area (Å²) in [5.41, 5.74) is 11.4. The second-order valence-electron chi connectivity index (χ2n) is 6.83. The van der Waals surface area contributed by atoms with Crippen molar-refractivity contribution in [1.29, 1.82) is 0 Å². The Morgan fingerprint density at radius 2 is 1.57 bits per heavy atom. The Morgan fingerprint density at radius 1 is 1.00 bits per heavy atom. The molecule has 0 fully saturated rings. The van der Waals surface area contributed by atoms with Gasteiger partial charge in [0.1, 0.15) is 6.61 Å². The first-order chi connectivity index (χ1) is 14.5. The molecule has 6 heteroatoms. The Hall–Kier alpha value is -3.13. The van der Waals surface area contributed by atoms with Crippen molar-refractivity contribution in [1.82, 2.24) is 5.32 Å². The lowest BCUT2D eigenvalue weighted by atomic mass is 9.98. The van der Waals surface area contributed by atoms with E-state index in [2.05, 4.69) is 41.4 Å². The summed E-state index contributed by atoms with van der Waals surface area (Å²) < 4.78 is 5.47. The third kappa shape index (κ3) is 4.09. The summed E-state index contributed by atoms with van der Waals surface area (Å²) in [6.07, 6.45) is -0.514. The molecule has 0 bridgehead atoms. The van der Waals surface area contributed by atoms with Crippen LogP contribution in [0, 0.1) is 11.8 Å². The fourth-order valence-corrected chi connectivity index (χ4v) is 4.06. The zero-order valence-electron chi connectivity index (χ0n) is 15.9. The van der Waals surface area contributed by atoms with Crippen molar-refractivity contribution >= 4 is 35.0 Å². The lowest BCUT2D eigenvalue weighted by Gasteiger charge is -2.14. The van der Waals surface area contributed by atoms with E-state index in [1.165, 1.54) is 22.3 Å². The molecular weight excluding hydrogens is 419 g/mol. The molecule has 4 rings (SSSR count). The smallest absolute Gasteiger partial charge is 0.407 e. The number of hydrogen-bond acceptors (Lipinski definition) is 3. The number of amides is 1. The number of carbonyl (C=O) groups excluding carboxylic acids is 1. The molecule has 0 saturated heterocycles. The molecule has 0 heterocycles. The first-order valence-electron chi connectivity index (χ1n) is 9.37. The zero-order valence-corrected chi connectivity index (χ0v) is 17.4. The SMILES string of the molecule is Nc1c(Cl)cc(C#CCNC(=O)OCC2c3ccccc3-c3ccccc32)cc1Cl. The van der Waals surface area contributed by atoms with Crippen LogP contribution in [0.4, 0.5) is 10.5 Å². The Bertz CT molecular complexity index is 1110. The maximum absolute atomic E-state index is 12.1. The molecule has 0 spiro atoms. The van der Waals surface area contributed by atoms with Crippen LogP contribution in [0.3, 0.4) is 0 Å². The number of fused-ring (bicyclic) bond motifs is 3. The minimum absolute atomic E-state index is 0.0216. The number of ether oxygens (including phenoxy) is 1. The lowest BCUT2D eigenvalue weighted by Crippen LogP contribution is -2.26. The van der Waals surface area contributed by atoms with Crippen molar-refractivity contribution in [3.63, 3.8) is 0 Å². The van der Waals surface area contributed by atoms with Gasteiger partial charge in [-0.05, 0) is 34.4 Å². The van der Waals surface area contributed by atoms with Crippen molar-refractivity contribution in [2.24, 2.45) is 0 Å². The number of alkyl carbamates (subject to hydrolysis) is 1. The van der Waals surface area contributed by atoms with Crippen LogP contribution in [0.5, 0.6) is 0 Å². The van der Waals surface area contributed by atoms with Crippen LogP contribution in [-0.2, 0) is 4.74 Å². The van der Waals surface area contributed by atoms with Gasteiger partial charge in [0.2, 0.25) is 0 Å². The van der Waals surface area contributed by atoms with Gasteiger partial charge in [-0.15, -0.1) is 0 Å². The van der Waals surface area contributed by atoms with Gasteiger partial charge in [-0.2, -0.15) is 0 Å². The van der Waals surface area contributed by atoms with Crippen LogP contribution in [-0.4, -0.2) is 19.2 Å². The molecule has 4 nitrogen and oxygen atoms in total. The summed E-state index contributed by atoms with van der Waals surface area (Å²) in [7, 11) is 0. The number of benzene rings is 3. The van der Waals surface area contributed by atoms with Gasteiger partial charge in [-0.25, -0.2) is 4.79 Å². The van der Waals surface area contributed by atoms with E-state index in [1.54, 1.807) is 12.1 Å². The highest BCUT2D eigenvalue weighted by Gasteiger charge is 2.28. The average Bonchev–Trinajstić information content (AvgIpc) is 3.07. The molecule has 3 aromatic rings. The molecule has 1 amide bonds. The van der Waals surface area contributed by atoms with E-state index in [0.29, 0.717) is 21.3 Å². The van der Waals surface area contributed by atoms with Gasteiger partial charge in [-0.3, -0.25) is 0 Å². The topological polar surface area (TPSA) is 64.3 Å². The van der Waals surface area contributed by atoms with Crippen molar-refractivity contribution in [2.75, 3.05) is 18.9 Å². The quantitative estimate of drug-likeness (QED) is 0.422. The van der Waals surface area contributed by atoms with Crippen molar-refractivity contribution in [3.8, 4) is 23.0 Å². The first kappa shape index (κ1) is 20.2. The second-order valence-corrected chi connectivity index (χ2v) is 7.65. The molecule has 1 aliphatic carbocycles. The van der Waals surface area contributed by atoms with Crippen molar-refractivity contribution in [2.45, 2.75) is 5.92 Å². The van der Waals surface area contributed by atoms with Crippen LogP contribution in [0.1, 0.15) is 22.6 Å². The summed E-state index contributed by atoms with van der Waals surface area (Å²) in [5, 5.41) is 3.33. The number of nitrogens with one attached hydrogen (secondary N) is 1. The molecule has 0 aromatic heterocycles. The molecule has 1 aliphatic rings. The van der Waals surface area contributed by atoms with Gasteiger partial charge in [0.05, 0.1) is 22.3 Å². The van der Waals surface area contributed by atoms with E-state index < -0.39 is 6.09 Å². The summed E-state index contributed by atoms with van der Waals surface area (Å²) in [6.45, 7) is 0.396. The lowest BCUT2D eigenvalue weighted by molar-refractivity contribution is 0.144. The molecule has 0 atom stereocenters. The number of nitrogens with two attached hydrogens (primary N) is 1. The molecule has 0 radical (unpaired) electrons. The molecule has 150 valence electrons. The number of anilines is 1. The van der Waals surface area contributed by atoms with Gasteiger partial charge in [0.15, 0.2) is 0 Å². The normalized spacial score (nSPS) is 11.8. The molecule has 30 heavy (non-hydrogen) atoms. The Labute approximate surface area is 184 Å². The molecule has 0 aliphatic heterocycles. The summed E-state index contributed by atoms with van der Waals surface area (Å²) in [4.78, 5) is 12.1. The van der Waals surface area contributed by atoms with E-state index in [4.69, 9.17) is 33.7 Å². The average molecular weight is 437 g/mol. The van der Waals surface area contributed by atoms with Crippen LogP contribution in [0.2, 0.25) is 10.0 Å². The number of rotatable bonds is 3. The molecule has 3 aromatic carbocycles. The predicted octanol–water partition coefficient (Wildman–Crippen LogP) is 5.47. The van der Waals surface area contributed by atoms with Crippen LogP contribution in [0.15, 0.2) is 60.7 Å². The Morgan fingerprint density at radius 3 is 2.17 bits per heavy atom. The van der Waals surface area contributed by atoms with Gasteiger partial charge >= 0.3 is 6.09 Å². The maximum Gasteiger partial charge on any atom is 0.407 e. The highest BCUT2D eigenvalue weighted by atomic mass is 35.5. The Kier molecular flexibility index (Phi) is 5.85. The zero-order chi connectivity index (χ0) is 21.1. The monoisotopic (exact) mass is 436 g/mol. The van der Waals surface area contributed by atoms with Gasteiger partial charge < -0.3 is 15.8 Å². The fourth-order valence-electron chi connectivity index (χ4n) is 3.57. The Balaban J connectivity index is 1.35. The number of halogens is 2. The van der Waals surface area contributed by atoms with E-state index in [9.17, 15) is 4.79 Å². The molecule has 3 N–H and O–H groups in total. The predicted molar refractivity (Wildman–Crippen MR) is 121 cm³/mol. The van der Waals surface area contributed by atoms with E-state index in [1.807, 2.05) is 24.3 Å². The third-order valence-electron chi connectivity index (χ3n) is 4.98. The van der Waals surface area contributed by atoms with Crippen molar-refractivity contribution in [3.05, 3.63) is 87.4 Å². The maximum atomic E-state index is 12.1. The third-order valence-corrected chi connectivity index (χ3v) is 5.60. The minimum atomic E-state index is -0.514. The van der Waals surface area contributed by atoms with E-state index in [0.717, 1.165) is 0 Å². The largest absolute Gasteiger partial charge is 0.449 e. The first-order valence-corrected chi connectivity index (χ1v) is 10.1. The fraction of sp³-hybridized carbons (Fsp3) is 0.125. The van der Waals surface area contributed by atoms with Crippen LogP contribution in [0.25, 0.3) is 11.1 Å². The number of hydrogen-bond donors (Lipinski definition) is 2. The summed E-state index contributed by atoms with van der Waals surface area (Å²) in [6, 6.07) is 19.7. The van der Waals surface area contributed by atoms with E-state index >= 15 is 0 Å². The van der Waals surface area contributed by atoms with Gasteiger partial charge in [0.25, 0.3) is 0 Å². The second kappa shape index (κ2) is 8.71. The molecule has 0 unspecified atom stereocenters. The number of carbonyl (C=O) groups is 1. The highest BCUT2D eigenvalue weighted by molar-refractivity contribution is 6.39. The summed E-state index contributed by atoms with van der Waals surface area (Å²) >= 11 is 12.0. The van der Waals surface area contributed by atoms with Crippen molar-refractivity contribution < 1.29 is 9.53 Å². The number of nitrogen functional groups attached to an aromatic ring is 1. The summed E-state index contributed by atoms with van der Waals surface area (Å²) in [5.74, 6) is 5.75. The standard InChI is InChI=1S/C24H18Cl2N2O2/c25-21-12-15(13-22(26)23(21)27)6-5-11-28-24(29)30-14-20-18-9-3-1-7-16(18)17-8-2-4-10-19(17)20/h1-4,7-10,12-13,20H,11,14,27H2,(H,28,29). The molecular formula is C24H18Cl2N2O2. The minimum Gasteiger partial charge on any atom is -0.449 e. The van der Waals surface area contributed by atoms with E-state index in [-0.39, 0.29) is 19.1 Å². The van der Waals surface area contributed by atoms with Crippen LogP contribution >= 0.6 is 23.2 Å². The molecule has 0 saturated carbocycles. The van der Waals surface area contributed by atoms with Crippen LogP contribution < -0.4 is 11.1 Å². The van der Waals surface area contributed by atoms with Gasteiger partial charge in [-0.1, -0.05) is 83.6 Å².